The number of benzene rings is 1. The molecule has 1 aromatic rings. The van der Waals surface area contributed by atoms with Gasteiger partial charge in [0.05, 0.1) is 11.7 Å². The number of aliphatic hydroxyl groups is 1. The average Bonchev–Trinajstić information content (AvgIpc) is 2.38. The topological polar surface area (TPSA) is 43.8 Å². The summed E-state index contributed by atoms with van der Waals surface area (Å²) in [5, 5.41) is 9.36. The van der Waals surface area contributed by atoms with Crippen molar-refractivity contribution >= 4 is 21.8 Å². The summed E-state index contributed by atoms with van der Waals surface area (Å²) in [5.41, 5.74) is 0.482. The zero-order valence-electron chi connectivity index (χ0n) is 11.4. The van der Waals surface area contributed by atoms with E-state index in [1.54, 1.807) is 11.8 Å². The highest BCUT2D eigenvalue weighted by molar-refractivity contribution is 9.10. The molecule has 0 saturated carbocycles. The Morgan fingerprint density at radius 3 is 2.60 bits per heavy atom. The Bertz CT molecular complexity index is 488. The van der Waals surface area contributed by atoms with Crippen LogP contribution in [0.15, 0.2) is 22.7 Å². The molecule has 0 radical (unpaired) electrons. The number of aliphatic hydroxyl groups excluding tert-OH is 1. The number of hydrogen-bond donors (Lipinski definition) is 1. The first-order valence-corrected chi connectivity index (χ1v) is 7.41. The van der Waals surface area contributed by atoms with E-state index in [-0.39, 0.29) is 17.8 Å². The molecule has 2 rings (SSSR count). The molecule has 20 heavy (non-hydrogen) atoms. The number of piperazine rings is 1. The number of β-amino-alcohol motifs (C(OH)–C–C–N with tert-alkyl or cyclic N) is 1. The van der Waals surface area contributed by atoms with Gasteiger partial charge >= 0.3 is 0 Å². The van der Waals surface area contributed by atoms with Crippen LogP contribution in [0, 0.1) is 5.82 Å². The molecule has 1 aliphatic rings. The molecular formula is C14H18BrFN2O2. The largest absolute Gasteiger partial charge is 0.392 e. The van der Waals surface area contributed by atoms with Gasteiger partial charge in [0.15, 0.2) is 0 Å². The summed E-state index contributed by atoms with van der Waals surface area (Å²) in [6, 6.07) is 4.10. The lowest BCUT2D eigenvalue weighted by Crippen LogP contribution is -2.50. The van der Waals surface area contributed by atoms with Gasteiger partial charge in [-0.05, 0) is 41.1 Å². The number of hydrogen-bond acceptors (Lipinski definition) is 3. The second kappa shape index (κ2) is 6.65. The number of carbonyl (C=O) groups is 1. The molecule has 1 fully saturated rings. The molecule has 1 saturated heterocycles. The van der Waals surface area contributed by atoms with Crippen LogP contribution >= 0.6 is 15.9 Å². The summed E-state index contributed by atoms with van der Waals surface area (Å²) in [6.07, 6.45) is -0.358. The maximum atomic E-state index is 13.0. The fraction of sp³-hybridized carbons (Fsp3) is 0.500. The minimum Gasteiger partial charge on any atom is -0.392 e. The Morgan fingerprint density at radius 1 is 1.40 bits per heavy atom. The summed E-state index contributed by atoms with van der Waals surface area (Å²) in [5.74, 6) is -0.455. The second-order valence-corrected chi connectivity index (χ2v) is 5.92. The maximum Gasteiger partial charge on any atom is 0.255 e. The van der Waals surface area contributed by atoms with E-state index in [1.807, 2.05) is 0 Å². The van der Waals surface area contributed by atoms with Gasteiger partial charge in [-0.1, -0.05) is 0 Å². The molecule has 1 aliphatic heterocycles. The summed E-state index contributed by atoms with van der Waals surface area (Å²) in [4.78, 5) is 16.3. The lowest BCUT2D eigenvalue weighted by molar-refractivity contribution is 0.0553. The molecule has 1 aromatic carbocycles. The van der Waals surface area contributed by atoms with Crippen molar-refractivity contribution in [2.75, 3.05) is 32.7 Å². The van der Waals surface area contributed by atoms with Gasteiger partial charge in [-0.3, -0.25) is 9.69 Å². The number of nitrogens with zero attached hydrogens (tertiary/aromatic N) is 2. The van der Waals surface area contributed by atoms with Crippen LogP contribution in [0.3, 0.4) is 0 Å². The third-order valence-corrected chi connectivity index (χ3v) is 4.00. The highest BCUT2D eigenvalue weighted by atomic mass is 79.9. The van der Waals surface area contributed by atoms with E-state index < -0.39 is 0 Å². The van der Waals surface area contributed by atoms with Crippen LogP contribution in [-0.4, -0.2) is 59.6 Å². The van der Waals surface area contributed by atoms with Gasteiger partial charge < -0.3 is 10.0 Å². The van der Waals surface area contributed by atoms with Gasteiger partial charge in [0.25, 0.3) is 5.91 Å². The first-order valence-electron chi connectivity index (χ1n) is 6.62. The third kappa shape index (κ3) is 3.77. The van der Waals surface area contributed by atoms with Gasteiger partial charge in [-0.15, -0.1) is 0 Å². The van der Waals surface area contributed by atoms with Crippen molar-refractivity contribution in [3.8, 4) is 0 Å². The monoisotopic (exact) mass is 344 g/mol. The Balaban J connectivity index is 1.98. The molecule has 0 spiro atoms. The number of halogens is 2. The number of amides is 1. The van der Waals surface area contributed by atoms with Crippen molar-refractivity contribution < 1.29 is 14.3 Å². The number of rotatable bonds is 3. The Morgan fingerprint density at radius 2 is 2.05 bits per heavy atom. The third-order valence-electron chi connectivity index (χ3n) is 3.34. The van der Waals surface area contributed by atoms with Crippen molar-refractivity contribution in [1.29, 1.82) is 0 Å². The van der Waals surface area contributed by atoms with Crippen molar-refractivity contribution in [2.45, 2.75) is 13.0 Å². The molecule has 0 bridgehead atoms. The molecule has 1 heterocycles. The standard InChI is InChI=1S/C14H18BrFN2O2/c1-10(19)9-17-4-6-18(7-5-17)14(20)12-3-2-11(16)8-13(12)15/h2-3,8,10,19H,4-7,9H2,1H3/t10-/m0/s1. The van der Waals surface area contributed by atoms with Gasteiger partial charge in [0.2, 0.25) is 0 Å². The van der Waals surface area contributed by atoms with E-state index in [9.17, 15) is 14.3 Å². The molecular weight excluding hydrogens is 327 g/mol. The number of carbonyl (C=O) groups excluding carboxylic acids is 1. The normalized spacial score (nSPS) is 18.1. The van der Waals surface area contributed by atoms with E-state index in [0.717, 1.165) is 13.1 Å². The van der Waals surface area contributed by atoms with Crippen molar-refractivity contribution in [3.05, 3.63) is 34.1 Å². The van der Waals surface area contributed by atoms with Gasteiger partial charge in [-0.2, -0.15) is 0 Å². The fourth-order valence-corrected chi connectivity index (χ4v) is 2.86. The summed E-state index contributed by atoms with van der Waals surface area (Å²) in [6.45, 7) is 5.12. The predicted octanol–water partition coefficient (Wildman–Crippen LogP) is 1.73. The lowest BCUT2D eigenvalue weighted by atomic mass is 10.1. The molecule has 1 amide bonds. The minimum atomic E-state index is -0.366. The molecule has 1 atom stereocenters. The van der Waals surface area contributed by atoms with Crippen molar-refractivity contribution in [2.24, 2.45) is 0 Å². The zero-order chi connectivity index (χ0) is 14.7. The first-order chi connectivity index (χ1) is 9.47. The van der Waals surface area contributed by atoms with Crippen LogP contribution in [-0.2, 0) is 0 Å². The first kappa shape index (κ1) is 15.4. The maximum absolute atomic E-state index is 13.0. The minimum absolute atomic E-state index is 0.0893. The lowest BCUT2D eigenvalue weighted by Gasteiger charge is -2.35. The predicted molar refractivity (Wildman–Crippen MR) is 78.1 cm³/mol. The van der Waals surface area contributed by atoms with Gasteiger partial charge in [-0.25, -0.2) is 4.39 Å². The molecule has 4 nitrogen and oxygen atoms in total. The summed E-state index contributed by atoms with van der Waals surface area (Å²) in [7, 11) is 0. The highest BCUT2D eigenvalue weighted by Crippen LogP contribution is 2.20. The van der Waals surface area contributed by atoms with Crippen molar-refractivity contribution in [3.63, 3.8) is 0 Å². The second-order valence-electron chi connectivity index (χ2n) is 5.07. The van der Waals surface area contributed by atoms with Crippen LogP contribution in [0.2, 0.25) is 0 Å². The Kier molecular flexibility index (Phi) is 5.12. The Labute approximate surface area is 126 Å². The van der Waals surface area contributed by atoms with E-state index >= 15 is 0 Å². The SMILES string of the molecule is C[C@H](O)CN1CCN(C(=O)c2ccc(F)cc2Br)CC1. The van der Waals surface area contributed by atoms with E-state index in [1.165, 1.54) is 18.2 Å². The van der Waals surface area contributed by atoms with Gasteiger partial charge in [0.1, 0.15) is 5.82 Å². The van der Waals surface area contributed by atoms with Crippen LogP contribution in [0.4, 0.5) is 4.39 Å². The van der Waals surface area contributed by atoms with E-state index in [2.05, 4.69) is 20.8 Å². The summed E-state index contributed by atoms with van der Waals surface area (Å²) >= 11 is 3.23. The molecule has 0 unspecified atom stereocenters. The Hall–Kier alpha value is -0.980. The molecule has 0 aromatic heterocycles. The van der Waals surface area contributed by atoms with Gasteiger partial charge in [0, 0.05) is 37.2 Å². The van der Waals surface area contributed by atoms with Crippen LogP contribution < -0.4 is 0 Å². The van der Waals surface area contributed by atoms with Crippen LogP contribution in [0.5, 0.6) is 0 Å². The van der Waals surface area contributed by atoms with Crippen LogP contribution in [0.1, 0.15) is 17.3 Å². The molecule has 6 heteroatoms. The average molecular weight is 345 g/mol. The highest BCUT2D eigenvalue weighted by Gasteiger charge is 2.23. The molecule has 1 N–H and O–H groups in total. The quantitative estimate of drug-likeness (QED) is 0.908. The smallest absolute Gasteiger partial charge is 0.255 e. The van der Waals surface area contributed by atoms with E-state index in [0.29, 0.717) is 29.7 Å². The fourth-order valence-electron chi connectivity index (χ4n) is 2.34. The summed E-state index contributed by atoms with van der Waals surface area (Å²) < 4.78 is 13.5. The van der Waals surface area contributed by atoms with E-state index in [4.69, 9.17) is 0 Å². The molecule has 110 valence electrons. The van der Waals surface area contributed by atoms with Crippen LogP contribution in [0.25, 0.3) is 0 Å². The zero-order valence-corrected chi connectivity index (χ0v) is 12.9. The molecule has 0 aliphatic carbocycles. The van der Waals surface area contributed by atoms with Crippen molar-refractivity contribution in [1.82, 2.24) is 9.80 Å².